The Morgan fingerprint density at radius 1 is 1.03 bits per heavy atom. The summed E-state index contributed by atoms with van der Waals surface area (Å²) in [5.74, 6) is -1.48. The zero-order valence-electron chi connectivity index (χ0n) is 18.7. The molecule has 0 spiro atoms. The molecular formula is C23H21F2N7O2S. The van der Waals surface area contributed by atoms with Crippen molar-refractivity contribution in [2.24, 2.45) is 0 Å². The van der Waals surface area contributed by atoms with Gasteiger partial charge in [-0.25, -0.2) is 9.97 Å². The molecule has 0 radical (unpaired) electrons. The summed E-state index contributed by atoms with van der Waals surface area (Å²) < 4.78 is 32.7. The molecule has 0 unspecified atom stereocenters. The number of anilines is 1. The molecule has 12 heteroatoms. The molecule has 3 heterocycles. The second-order valence-corrected chi connectivity index (χ2v) is 8.75. The molecule has 0 saturated carbocycles. The van der Waals surface area contributed by atoms with Crippen molar-refractivity contribution in [2.45, 2.75) is 10.7 Å². The lowest BCUT2D eigenvalue weighted by atomic mass is 10.2. The van der Waals surface area contributed by atoms with Crippen LogP contribution < -0.4 is 9.64 Å². The summed E-state index contributed by atoms with van der Waals surface area (Å²) in [6.45, 7) is 1.87. The standard InChI is InChI=1S/C23H21F2N7O2S/c1-34-16-8-6-15(7-9-16)32-21-19(28-29-32)20(26-14-27-21)30-10-12-31(13-11-30)22(33)17-4-2-3-5-18(17)35-23(24)25/h2-9,14,23H,10-13H2,1H3. The van der Waals surface area contributed by atoms with E-state index in [0.717, 1.165) is 11.4 Å². The Morgan fingerprint density at radius 2 is 1.77 bits per heavy atom. The Morgan fingerprint density at radius 3 is 2.49 bits per heavy atom. The minimum absolute atomic E-state index is 0.258. The molecule has 1 saturated heterocycles. The van der Waals surface area contributed by atoms with Crippen LogP contribution in [-0.4, -0.2) is 74.8 Å². The van der Waals surface area contributed by atoms with Crippen molar-refractivity contribution in [3.63, 3.8) is 0 Å². The Bertz CT molecular complexity index is 1340. The Hall–Kier alpha value is -3.80. The summed E-state index contributed by atoms with van der Waals surface area (Å²) in [5.41, 5.74) is 2.20. The maximum atomic E-state index is 13.1. The van der Waals surface area contributed by atoms with Crippen LogP contribution >= 0.6 is 11.8 Å². The third-order valence-corrected chi connectivity index (χ3v) is 6.52. The number of carbonyl (C=O) groups is 1. The van der Waals surface area contributed by atoms with Crippen molar-refractivity contribution >= 4 is 34.7 Å². The first-order chi connectivity index (χ1) is 17.0. The predicted octanol–water partition coefficient (Wildman–Crippen LogP) is 3.50. The molecule has 0 N–H and O–H groups in total. The number of amides is 1. The molecule has 4 aromatic rings. The number of ether oxygens (including phenoxy) is 1. The Labute approximate surface area is 203 Å². The lowest BCUT2D eigenvalue weighted by Crippen LogP contribution is -2.49. The zero-order chi connectivity index (χ0) is 24.4. The highest BCUT2D eigenvalue weighted by Gasteiger charge is 2.27. The number of fused-ring (bicyclic) bond motifs is 1. The number of nitrogens with zero attached hydrogens (tertiary/aromatic N) is 7. The third kappa shape index (κ3) is 4.61. The van der Waals surface area contributed by atoms with E-state index in [1.807, 2.05) is 29.2 Å². The Balaban J connectivity index is 1.33. The summed E-state index contributed by atoms with van der Waals surface area (Å²) in [6, 6.07) is 13.9. The second-order valence-electron chi connectivity index (χ2n) is 7.72. The lowest BCUT2D eigenvalue weighted by molar-refractivity contribution is 0.0743. The molecule has 1 aliphatic rings. The van der Waals surface area contributed by atoms with Crippen LogP contribution in [0.5, 0.6) is 5.75 Å². The van der Waals surface area contributed by atoms with E-state index in [1.54, 1.807) is 41.0 Å². The first-order valence-electron chi connectivity index (χ1n) is 10.8. The quantitative estimate of drug-likeness (QED) is 0.374. The number of methoxy groups -OCH3 is 1. The van der Waals surface area contributed by atoms with Crippen molar-refractivity contribution in [2.75, 3.05) is 38.2 Å². The SMILES string of the molecule is COc1ccc(-n2nnc3c(N4CCN(C(=O)c5ccccc5SC(F)F)CC4)ncnc32)cc1. The van der Waals surface area contributed by atoms with Gasteiger partial charge in [0.05, 0.1) is 18.4 Å². The second kappa shape index (κ2) is 9.82. The topological polar surface area (TPSA) is 89.3 Å². The Kier molecular flexibility index (Phi) is 6.45. The third-order valence-electron chi connectivity index (χ3n) is 5.74. The van der Waals surface area contributed by atoms with Gasteiger partial charge in [0, 0.05) is 31.1 Å². The summed E-state index contributed by atoms with van der Waals surface area (Å²) in [4.78, 5) is 25.8. The number of thioether (sulfide) groups is 1. The van der Waals surface area contributed by atoms with E-state index in [4.69, 9.17) is 4.74 Å². The number of rotatable bonds is 6. The van der Waals surface area contributed by atoms with Crippen molar-refractivity contribution in [1.29, 1.82) is 0 Å². The average Bonchev–Trinajstić information content (AvgIpc) is 3.33. The normalized spacial score (nSPS) is 14.1. The van der Waals surface area contributed by atoms with Crippen LogP contribution in [0.3, 0.4) is 0 Å². The van der Waals surface area contributed by atoms with Crippen LogP contribution in [-0.2, 0) is 0 Å². The van der Waals surface area contributed by atoms with Crippen molar-refractivity contribution in [3.05, 3.63) is 60.4 Å². The maximum Gasteiger partial charge on any atom is 0.288 e. The van der Waals surface area contributed by atoms with E-state index < -0.39 is 5.76 Å². The summed E-state index contributed by atoms with van der Waals surface area (Å²) in [5, 5.41) is 8.58. The number of hydrogen-bond acceptors (Lipinski definition) is 8. The number of piperazine rings is 1. The van der Waals surface area contributed by atoms with Crippen molar-refractivity contribution < 1.29 is 18.3 Å². The molecule has 2 aromatic heterocycles. The fourth-order valence-electron chi connectivity index (χ4n) is 4.00. The molecule has 35 heavy (non-hydrogen) atoms. The van der Waals surface area contributed by atoms with E-state index in [0.29, 0.717) is 54.9 Å². The maximum absolute atomic E-state index is 13.1. The molecule has 0 bridgehead atoms. The summed E-state index contributed by atoms with van der Waals surface area (Å²) in [7, 11) is 1.61. The highest BCUT2D eigenvalue weighted by Crippen LogP contribution is 2.30. The number of alkyl halides is 2. The molecule has 5 rings (SSSR count). The van der Waals surface area contributed by atoms with E-state index in [-0.39, 0.29) is 16.4 Å². The highest BCUT2D eigenvalue weighted by atomic mass is 32.2. The predicted molar refractivity (Wildman–Crippen MR) is 127 cm³/mol. The van der Waals surface area contributed by atoms with Crippen molar-refractivity contribution in [1.82, 2.24) is 29.9 Å². The lowest BCUT2D eigenvalue weighted by Gasteiger charge is -2.35. The first kappa shape index (κ1) is 23.0. The van der Waals surface area contributed by atoms with Crippen LogP contribution in [0.2, 0.25) is 0 Å². The number of hydrogen-bond donors (Lipinski definition) is 0. The molecule has 1 fully saturated rings. The fourth-order valence-corrected chi connectivity index (χ4v) is 4.63. The molecule has 180 valence electrons. The monoisotopic (exact) mass is 497 g/mol. The van der Waals surface area contributed by atoms with Crippen LogP contribution in [0.1, 0.15) is 10.4 Å². The number of carbonyl (C=O) groups excluding carboxylic acids is 1. The van der Waals surface area contributed by atoms with Crippen LogP contribution in [0, 0.1) is 0 Å². The van der Waals surface area contributed by atoms with E-state index >= 15 is 0 Å². The molecule has 1 aliphatic heterocycles. The number of halogens is 2. The highest BCUT2D eigenvalue weighted by molar-refractivity contribution is 7.99. The van der Waals surface area contributed by atoms with Gasteiger partial charge in [-0.1, -0.05) is 29.1 Å². The molecule has 0 aliphatic carbocycles. The van der Waals surface area contributed by atoms with Crippen LogP contribution in [0.25, 0.3) is 16.9 Å². The summed E-state index contributed by atoms with van der Waals surface area (Å²) >= 11 is 0.386. The fraction of sp³-hybridized carbons (Fsp3) is 0.261. The van der Waals surface area contributed by atoms with Gasteiger partial charge in [-0.05, 0) is 36.4 Å². The van der Waals surface area contributed by atoms with Gasteiger partial charge in [-0.2, -0.15) is 13.5 Å². The van der Waals surface area contributed by atoms with Gasteiger partial charge < -0.3 is 14.5 Å². The van der Waals surface area contributed by atoms with Gasteiger partial charge in [0.15, 0.2) is 17.0 Å². The van der Waals surface area contributed by atoms with E-state index in [1.165, 1.54) is 6.33 Å². The number of benzene rings is 2. The number of aromatic nitrogens is 5. The van der Waals surface area contributed by atoms with Gasteiger partial charge >= 0.3 is 0 Å². The minimum atomic E-state index is -2.59. The van der Waals surface area contributed by atoms with Crippen molar-refractivity contribution in [3.8, 4) is 11.4 Å². The molecule has 2 aromatic carbocycles. The van der Waals surface area contributed by atoms with Gasteiger partial charge in [-0.3, -0.25) is 4.79 Å². The molecule has 0 atom stereocenters. The van der Waals surface area contributed by atoms with Crippen LogP contribution in [0.15, 0.2) is 59.8 Å². The zero-order valence-corrected chi connectivity index (χ0v) is 19.5. The van der Waals surface area contributed by atoms with Gasteiger partial charge in [-0.15, -0.1) is 5.10 Å². The molecular weight excluding hydrogens is 476 g/mol. The smallest absolute Gasteiger partial charge is 0.288 e. The van der Waals surface area contributed by atoms with Gasteiger partial charge in [0.25, 0.3) is 11.7 Å². The van der Waals surface area contributed by atoms with Crippen LogP contribution in [0.4, 0.5) is 14.6 Å². The minimum Gasteiger partial charge on any atom is -0.497 e. The summed E-state index contributed by atoms with van der Waals surface area (Å²) in [6.07, 6.45) is 1.47. The first-order valence-corrected chi connectivity index (χ1v) is 11.7. The van der Waals surface area contributed by atoms with Gasteiger partial charge in [0.1, 0.15) is 12.1 Å². The van der Waals surface area contributed by atoms with E-state index in [9.17, 15) is 13.6 Å². The molecule has 1 amide bonds. The van der Waals surface area contributed by atoms with Gasteiger partial charge in [0.2, 0.25) is 0 Å². The average molecular weight is 498 g/mol. The molecule has 9 nitrogen and oxygen atoms in total. The largest absolute Gasteiger partial charge is 0.497 e. The van der Waals surface area contributed by atoms with E-state index in [2.05, 4.69) is 20.3 Å².